The molecule has 2 unspecified atom stereocenters. The van der Waals surface area contributed by atoms with Crippen molar-refractivity contribution in [2.75, 3.05) is 13.2 Å². The lowest BCUT2D eigenvalue weighted by Crippen LogP contribution is -2.40. The van der Waals surface area contributed by atoms with Gasteiger partial charge in [-0.05, 0) is 18.8 Å². The van der Waals surface area contributed by atoms with Crippen molar-refractivity contribution in [1.82, 2.24) is 15.8 Å². The molecule has 6 nitrogen and oxygen atoms in total. The van der Waals surface area contributed by atoms with Crippen molar-refractivity contribution in [2.45, 2.75) is 46.3 Å². The fourth-order valence-electron chi connectivity index (χ4n) is 2.67. The number of carbonyl (C=O) groups is 1. The molecule has 2 heterocycles. The van der Waals surface area contributed by atoms with Crippen LogP contribution in [0.25, 0.3) is 0 Å². The molecule has 2 amide bonds. The van der Waals surface area contributed by atoms with Gasteiger partial charge in [0.1, 0.15) is 0 Å². The van der Waals surface area contributed by atoms with Crippen molar-refractivity contribution >= 4 is 6.03 Å². The zero-order valence-electron chi connectivity index (χ0n) is 13.0. The highest BCUT2D eigenvalue weighted by Gasteiger charge is 2.30. The first-order valence-corrected chi connectivity index (χ1v) is 7.68. The topological polar surface area (TPSA) is 76.4 Å². The zero-order chi connectivity index (χ0) is 15.2. The van der Waals surface area contributed by atoms with E-state index >= 15 is 0 Å². The van der Waals surface area contributed by atoms with Gasteiger partial charge in [0.15, 0.2) is 5.76 Å². The van der Waals surface area contributed by atoms with Crippen LogP contribution in [-0.4, -0.2) is 30.4 Å². The van der Waals surface area contributed by atoms with Crippen molar-refractivity contribution < 1.29 is 14.1 Å². The van der Waals surface area contributed by atoms with Crippen molar-refractivity contribution in [3.63, 3.8) is 0 Å². The summed E-state index contributed by atoms with van der Waals surface area (Å²) in [6.45, 7) is 8.10. The Morgan fingerprint density at radius 3 is 2.95 bits per heavy atom. The fourth-order valence-corrected chi connectivity index (χ4v) is 2.67. The van der Waals surface area contributed by atoms with Gasteiger partial charge in [-0.1, -0.05) is 25.9 Å². The molecule has 0 saturated carbocycles. The molecule has 0 bridgehead atoms. The average Bonchev–Trinajstić information content (AvgIpc) is 3.11. The Kier molecular flexibility index (Phi) is 5.61. The lowest BCUT2D eigenvalue weighted by molar-refractivity contribution is 0.0545. The first-order chi connectivity index (χ1) is 10.1. The van der Waals surface area contributed by atoms with E-state index in [1.165, 1.54) is 0 Å². The second-order valence-corrected chi connectivity index (χ2v) is 5.83. The minimum atomic E-state index is -0.182. The summed E-state index contributed by atoms with van der Waals surface area (Å²) in [4.78, 5) is 11.8. The van der Waals surface area contributed by atoms with Crippen LogP contribution in [0.1, 0.15) is 38.6 Å². The number of urea groups is 1. The van der Waals surface area contributed by atoms with E-state index in [1.807, 2.05) is 13.0 Å². The van der Waals surface area contributed by atoms with E-state index in [4.69, 9.17) is 9.26 Å². The highest BCUT2D eigenvalue weighted by Crippen LogP contribution is 2.25. The minimum Gasteiger partial charge on any atom is -0.378 e. The third-order valence-corrected chi connectivity index (χ3v) is 3.84. The first kappa shape index (κ1) is 15.8. The van der Waals surface area contributed by atoms with E-state index in [1.54, 1.807) is 0 Å². The average molecular weight is 295 g/mol. The van der Waals surface area contributed by atoms with E-state index in [0.29, 0.717) is 30.7 Å². The van der Waals surface area contributed by atoms with Gasteiger partial charge in [-0.3, -0.25) is 0 Å². The Balaban J connectivity index is 1.70. The number of hydrogen-bond donors (Lipinski definition) is 2. The number of aromatic nitrogens is 1. The second-order valence-electron chi connectivity index (χ2n) is 5.83. The lowest BCUT2D eigenvalue weighted by Gasteiger charge is -2.22. The maximum atomic E-state index is 11.8. The van der Waals surface area contributed by atoms with Gasteiger partial charge in [-0.15, -0.1) is 0 Å². The maximum Gasteiger partial charge on any atom is 0.315 e. The number of nitrogens with one attached hydrogen (secondary N) is 2. The summed E-state index contributed by atoms with van der Waals surface area (Å²) in [5.74, 6) is 1.54. The molecule has 1 saturated heterocycles. The molecule has 118 valence electrons. The predicted octanol–water partition coefficient (Wildman–Crippen LogP) is 2.10. The van der Waals surface area contributed by atoms with Gasteiger partial charge < -0.3 is 19.9 Å². The summed E-state index contributed by atoms with van der Waals surface area (Å²) in [6, 6.07) is 1.68. The fraction of sp³-hybridized carbons (Fsp3) is 0.733. The Hall–Kier alpha value is -1.56. The molecule has 21 heavy (non-hydrogen) atoms. The van der Waals surface area contributed by atoms with Crippen molar-refractivity contribution in [1.29, 1.82) is 0 Å². The standard InChI is InChI=1S/C15H25N3O3/c1-4-12-7-13(21-18-12)9-17-15(19)16-8-11-5-6-20-14(11)10(2)3/h7,10-11,14H,4-6,8-9H2,1-3H3,(H2,16,17,19). The predicted molar refractivity (Wildman–Crippen MR) is 78.8 cm³/mol. The summed E-state index contributed by atoms with van der Waals surface area (Å²) in [5.41, 5.74) is 0.898. The highest BCUT2D eigenvalue weighted by molar-refractivity contribution is 5.73. The molecule has 1 aliphatic rings. The molecule has 6 heteroatoms. The molecular weight excluding hydrogens is 270 g/mol. The molecule has 2 rings (SSSR count). The smallest absolute Gasteiger partial charge is 0.315 e. The van der Waals surface area contributed by atoms with Crippen molar-refractivity contribution in [3.8, 4) is 0 Å². The van der Waals surface area contributed by atoms with Crippen LogP contribution in [0.15, 0.2) is 10.6 Å². The van der Waals surface area contributed by atoms with E-state index in [9.17, 15) is 4.79 Å². The number of carbonyl (C=O) groups excluding carboxylic acids is 1. The van der Waals surface area contributed by atoms with E-state index in [-0.39, 0.29) is 12.1 Å². The SMILES string of the molecule is CCc1cc(CNC(=O)NCC2CCOC2C(C)C)on1. The van der Waals surface area contributed by atoms with Crippen LogP contribution in [0.2, 0.25) is 0 Å². The molecule has 0 aliphatic carbocycles. The van der Waals surface area contributed by atoms with E-state index in [0.717, 1.165) is 25.1 Å². The highest BCUT2D eigenvalue weighted by atomic mass is 16.5. The van der Waals surface area contributed by atoms with Gasteiger partial charge in [0.25, 0.3) is 0 Å². The maximum absolute atomic E-state index is 11.8. The Morgan fingerprint density at radius 1 is 1.48 bits per heavy atom. The monoisotopic (exact) mass is 295 g/mol. The van der Waals surface area contributed by atoms with Crippen LogP contribution in [-0.2, 0) is 17.7 Å². The summed E-state index contributed by atoms with van der Waals surface area (Å²) >= 11 is 0. The quantitative estimate of drug-likeness (QED) is 0.842. The van der Waals surface area contributed by atoms with Gasteiger partial charge in [0.05, 0.1) is 18.3 Å². The van der Waals surface area contributed by atoms with E-state index < -0.39 is 0 Å². The first-order valence-electron chi connectivity index (χ1n) is 7.68. The molecule has 2 atom stereocenters. The molecule has 0 spiro atoms. The summed E-state index contributed by atoms with van der Waals surface area (Å²) in [7, 11) is 0. The Bertz CT molecular complexity index is 459. The number of aryl methyl sites for hydroxylation is 1. The summed E-state index contributed by atoms with van der Waals surface area (Å²) in [5, 5.41) is 9.58. The molecule has 0 aromatic carbocycles. The summed E-state index contributed by atoms with van der Waals surface area (Å²) < 4.78 is 10.8. The lowest BCUT2D eigenvalue weighted by atomic mass is 9.93. The normalized spacial score (nSPS) is 21.7. The van der Waals surface area contributed by atoms with Gasteiger partial charge in [-0.25, -0.2) is 4.79 Å². The van der Waals surface area contributed by atoms with Gasteiger partial charge in [0.2, 0.25) is 0 Å². The van der Waals surface area contributed by atoms with Crippen molar-refractivity contribution in [3.05, 3.63) is 17.5 Å². The molecule has 2 N–H and O–H groups in total. The Morgan fingerprint density at radius 2 is 2.29 bits per heavy atom. The van der Waals surface area contributed by atoms with Crippen LogP contribution in [0.3, 0.4) is 0 Å². The van der Waals surface area contributed by atoms with Crippen molar-refractivity contribution in [2.24, 2.45) is 11.8 Å². The Labute approximate surface area is 125 Å². The zero-order valence-corrected chi connectivity index (χ0v) is 13.0. The van der Waals surface area contributed by atoms with Crippen LogP contribution in [0.4, 0.5) is 4.79 Å². The molecule has 0 radical (unpaired) electrons. The van der Waals surface area contributed by atoms with Crippen LogP contribution in [0.5, 0.6) is 0 Å². The molecule has 1 aromatic rings. The molecule has 1 fully saturated rings. The summed E-state index contributed by atoms with van der Waals surface area (Å²) in [6.07, 6.45) is 2.07. The van der Waals surface area contributed by atoms with E-state index in [2.05, 4.69) is 29.6 Å². The number of amides is 2. The molecule has 1 aliphatic heterocycles. The number of rotatable bonds is 6. The number of nitrogens with zero attached hydrogens (tertiary/aromatic N) is 1. The number of ether oxygens (including phenoxy) is 1. The van der Waals surface area contributed by atoms with Gasteiger partial charge >= 0.3 is 6.03 Å². The third kappa shape index (κ3) is 4.46. The van der Waals surface area contributed by atoms with Gasteiger partial charge in [0, 0.05) is 25.1 Å². The third-order valence-electron chi connectivity index (χ3n) is 3.84. The van der Waals surface area contributed by atoms with Crippen LogP contribution < -0.4 is 10.6 Å². The van der Waals surface area contributed by atoms with Crippen LogP contribution in [0, 0.1) is 11.8 Å². The second kappa shape index (κ2) is 7.45. The van der Waals surface area contributed by atoms with Gasteiger partial charge in [-0.2, -0.15) is 0 Å². The molecular formula is C15H25N3O3. The minimum absolute atomic E-state index is 0.182. The largest absolute Gasteiger partial charge is 0.378 e. The van der Waals surface area contributed by atoms with Crippen LogP contribution >= 0.6 is 0 Å². The molecule has 1 aromatic heterocycles. The number of hydrogen-bond acceptors (Lipinski definition) is 4.